The SMILES string of the molecule is CCCC(C)(C)c1ccccc1I. The zero-order chi connectivity index (χ0) is 9.90. The summed E-state index contributed by atoms with van der Waals surface area (Å²) in [4.78, 5) is 0. The average molecular weight is 288 g/mol. The molecule has 0 heterocycles. The van der Waals surface area contributed by atoms with Crippen LogP contribution in [0.3, 0.4) is 0 Å². The van der Waals surface area contributed by atoms with Crippen molar-refractivity contribution in [2.75, 3.05) is 0 Å². The van der Waals surface area contributed by atoms with E-state index >= 15 is 0 Å². The van der Waals surface area contributed by atoms with E-state index in [1.54, 1.807) is 0 Å². The highest BCUT2D eigenvalue weighted by molar-refractivity contribution is 14.1. The van der Waals surface area contributed by atoms with Crippen LogP contribution in [-0.2, 0) is 5.41 Å². The number of benzene rings is 1. The van der Waals surface area contributed by atoms with Gasteiger partial charge in [-0.25, -0.2) is 0 Å². The maximum Gasteiger partial charge on any atom is 0.0167 e. The number of hydrogen-bond donors (Lipinski definition) is 0. The van der Waals surface area contributed by atoms with E-state index in [0.29, 0.717) is 5.41 Å². The van der Waals surface area contributed by atoms with E-state index in [1.165, 1.54) is 22.0 Å². The first-order valence-electron chi connectivity index (χ1n) is 4.83. The Balaban J connectivity index is 2.99. The molecule has 0 bridgehead atoms. The molecule has 0 N–H and O–H groups in total. The first kappa shape index (κ1) is 11.0. The summed E-state index contributed by atoms with van der Waals surface area (Å²) in [6.07, 6.45) is 2.50. The van der Waals surface area contributed by atoms with E-state index < -0.39 is 0 Å². The molecule has 0 saturated carbocycles. The van der Waals surface area contributed by atoms with Crippen molar-refractivity contribution in [3.63, 3.8) is 0 Å². The first-order chi connectivity index (χ1) is 6.08. The van der Waals surface area contributed by atoms with Crippen LogP contribution in [0.2, 0.25) is 0 Å². The van der Waals surface area contributed by atoms with Gasteiger partial charge in [0.15, 0.2) is 0 Å². The fourth-order valence-electron chi connectivity index (χ4n) is 1.77. The van der Waals surface area contributed by atoms with Crippen LogP contribution in [0.25, 0.3) is 0 Å². The highest BCUT2D eigenvalue weighted by Crippen LogP contribution is 2.31. The molecule has 0 unspecified atom stereocenters. The molecular weight excluding hydrogens is 271 g/mol. The highest BCUT2D eigenvalue weighted by atomic mass is 127. The molecule has 0 spiro atoms. The molecule has 0 atom stereocenters. The Morgan fingerprint density at radius 3 is 2.38 bits per heavy atom. The standard InChI is InChI=1S/C12H17I/c1-4-9-12(2,3)10-7-5-6-8-11(10)13/h5-8H,4,9H2,1-3H3. The molecule has 1 rings (SSSR count). The average Bonchev–Trinajstić information content (AvgIpc) is 2.04. The summed E-state index contributed by atoms with van der Waals surface area (Å²) in [6, 6.07) is 8.67. The minimum absolute atomic E-state index is 0.326. The van der Waals surface area contributed by atoms with E-state index in [2.05, 4.69) is 67.6 Å². The normalized spacial score (nSPS) is 11.7. The molecule has 0 nitrogen and oxygen atoms in total. The van der Waals surface area contributed by atoms with E-state index in [1.807, 2.05) is 0 Å². The Kier molecular flexibility index (Phi) is 3.77. The van der Waals surface area contributed by atoms with Crippen molar-refractivity contribution in [2.45, 2.75) is 39.0 Å². The maximum absolute atomic E-state index is 2.43. The summed E-state index contributed by atoms with van der Waals surface area (Å²) in [5.74, 6) is 0. The van der Waals surface area contributed by atoms with Gasteiger partial charge < -0.3 is 0 Å². The lowest BCUT2D eigenvalue weighted by atomic mass is 9.81. The third kappa shape index (κ3) is 2.70. The second kappa shape index (κ2) is 4.45. The molecule has 1 aromatic rings. The summed E-state index contributed by atoms with van der Waals surface area (Å²) in [7, 11) is 0. The van der Waals surface area contributed by atoms with E-state index in [4.69, 9.17) is 0 Å². The molecule has 0 aliphatic heterocycles. The zero-order valence-electron chi connectivity index (χ0n) is 8.60. The Hall–Kier alpha value is -0.0500. The molecule has 0 amide bonds. The summed E-state index contributed by atoms with van der Waals surface area (Å²) in [5.41, 5.74) is 1.81. The van der Waals surface area contributed by atoms with Gasteiger partial charge in [-0.1, -0.05) is 45.4 Å². The smallest absolute Gasteiger partial charge is 0.0167 e. The van der Waals surface area contributed by atoms with Crippen molar-refractivity contribution in [3.8, 4) is 0 Å². The monoisotopic (exact) mass is 288 g/mol. The van der Waals surface area contributed by atoms with Crippen LogP contribution in [0.4, 0.5) is 0 Å². The molecule has 72 valence electrons. The van der Waals surface area contributed by atoms with Crippen LogP contribution in [0.15, 0.2) is 24.3 Å². The van der Waals surface area contributed by atoms with E-state index in [-0.39, 0.29) is 0 Å². The van der Waals surface area contributed by atoms with Gasteiger partial charge in [0.25, 0.3) is 0 Å². The molecule has 0 fully saturated rings. The third-order valence-corrected chi connectivity index (χ3v) is 3.42. The quantitative estimate of drug-likeness (QED) is 0.724. The van der Waals surface area contributed by atoms with Gasteiger partial charge in [0.1, 0.15) is 0 Å². The topological polar surface area (TPSA) is 0 Å². The predicted octanol–water partition coefficient (Wildman–Crippen LogP) is 4.37. The largest absolute Gasteiger partial charge is 0.0654 e. The Bertz CT molecular complexity index is 276. The van der Waals surface area contributed by atoms with Gasteiger partial charge in [-0.15, -0.1) is 0 Å². The molecule has 0 aromatic heterocycles. The van der Waals surface area contributed by atoms with Crippen molar-refractivity contribution in [1.82, 2.24) is 0 Å². The van der Waals surface area contributed by atoms with Crippen molar-refractivity contribution in [3.05, 3.63) is 33.4 Å². The molecule has 1 aromatic carbocycles. The predicted molar refractivity (Wildman–Crippen MR) is 67.1 cm³/mol. The van der Waals surface area contributed by atoms with Gasteiger partial charge in [0, 0.05) is 3.57 Å². The maximum atomic E-state index is 2.43. The van der Waals surface area contributed by atoms with Gasteiger partial charge in [-0.05, 0) is 46.1 Å². The van der Waals surface area contributed by atoms with E-state index in [9.17, 15) is 0 Å². The van der Waals surface area contributed by atoms with Crippen LogP contribution < -0.4 is 0 Å². The van der Waals surface area contributed by atoms with Gasteiger partial charge in [0.2, 0.25) is 0 Å². The molecule has 0 radical (unpaired) electrons. The molecule has 0 aliphatic rings. The fourth-order valence-corrected chi connectivity index (χ4v) is 2.89. The van der Waals surface area contributed by atoms with Gasteiger partial charge in [-0.2, -0.15) is 0 Å². The minimum atomic E-state index is 0.326. The van der Waals surface area contributed by atoms with Gasteiger partial charge in [-0.3, -0.25) is 0 Å². The molecule has 1 heteroatoms. The van der Waals surface area contributed by atoms with Crippen LogP contribution >= 0.6 is 22.6 Å². The number of hydrogen-bond acceptors (Lipinski definition) is 0. The van der Waals surface area contributed by atoms with Crippen LogP contribution in [0.1, 0.15) is 39.2 Å². The minimum Gasteiger partial charge on any atom is -0.0654 e. The summed E-state index contributed by atoms with van der Waals surface area (Å²) < 4.78 is 1.39. The highest BCUT2D eigenvalue weighted by Gasteiger charge is 2.20. The zero-order valence-corrected chi connectivity index (χ0v) is 10.8. The summed E-state index contributed by atoms with van der Waals surface area (Å²) >= 11 is 2.43. The summed E-state index contributed by atoms with van der Waals surface area (Å²) in [6.45, 7) is 6.90. The second-order valence-electron chi connectivity index (χ2n) is 4.11. The molecular formula is C12H17I. The second-order valence-corrected chi connectivity index (χ2v) is 5.28. The lowest BCUT2D eigenvalue weighted by Crippen LogP contribution is -2.17. The van der Waals surface area contributed by atoms with Crippen molar-refractivity contribution >= 4 is 22.6 Å². The van der Waals surface area contributed by atoms with Crippen molar-refractivity contribution in [2.24, 2.45) is 0 Å². The lowest BCUT2D eigenvalue weighted by Gasteiger charge is -2.25. The first-order valence-corrected chi connectivity index (χ1v) is 5.91. The van der Waals surface area contributed by atoms with Crippen molar-refractivity contribution < 1.29 is 0 Å². The lowest BCUT2D eigenvalue weighted by molar-refractivity contribution is 0.471. The molecule has 0 aliphatic carbocycles. The van der Waals surface area contributed by atoms with Gasteiger partial charge >= 0.3 is 0 Å². The summed E-state index contributed by atoms with van der Waals surface area (Å²) in [5, 5.41) is 0. The number of halogens is 1. The molecule has 13 heavy (non-hydrogen) atoms. The van der Waals surface area contributed by atoms with Crippen LogP contribution in [-0.4, -0.2) is 0 Å². The third-order valence-electron chi connectivity index (χ3n) is 2.48. The Labute approximate surface area is 94.9 Å². The Morgan fingerprint density at radius 1 is 1.23 bits per heavy atom. The van der Waals surface area contributed by atoms with Crippen molar-refractivity contribution in [1.29, 1.82) is 0 Å². The van der Waals surface area contributed by atoms with Crippen LogP contribution in [0, 0.1) is 3.57 Å². The Morgan fingerprint density at radius 2 is 1.85 bits per heavy atom. The molecule has 0 saturated heterocycles. The fraction of sp³-hybridized carbons (Fsp3) is 0.500. The van der Waals surface area contributed by atoms with Gasteiger partial charge in [0.05, 0.1) is 0 Å². The number of rotatable bonds is 3. The van der Waals surface area contributed by atoms with Crippen LogP contribution in [0.5, 0.6) is 0 Å². The van der Waals surface area contributed by atoms with E-state index in [0.717, 1.165) is 0 Å².